The number of aromatic nitrogens is 1. The molecule has 2 nitrogen and oxygen atoms in total. The van der Waals surface area contributed by atoms with Gasteiger partial charge in [-0.25, -0.2) is 0 Å². The van der Waals surface area contributed by atoms with Crippen LogP contribution in [0.3, 0.4) is 0 Å². The number of rotatable bonds is 2. The lowest BCUT2D eigenvalue weighted by Gasteiger charge is -2.12. The lowest BCUT2D eigenvalue weighted by molar-refractivity contribution is -0.642. The Kier molecular flexibility index (Phi) is 4.03. The van der Waals surface area contributed by atoms with Gasteiger partial charge >= 0.3 is 0 Å². The van der Waals surface area contributed by atoms with Crippen molar-refractivity contribution in [1.82, 2.24) is 0 Å². The number of benzene rings is 3. The molecule has 1 aliphatic rings. The molecule has 0 bridgehead atoms. The first-order valence-corrected chi connectivity index (χ1v) is 10.5. The summed E-state index contributed by atoms with van der Waals surface area (Å²) in [4.78, 5) is 3.60. The van der Waals surface area contributed by atoms with Crippen molar-refractivity contribution in [1.29, 1.82) is 0 Å². The largest absolute Gasteiger partial charge is 0.338 e. The molecule has 0 aliphatic carbocycles. The first-order chi connectivity index (χ1) is 13.2. The summed E-state index contributed by atoms with van der Waals surface area (Å²) < 4.78 is 3.60. The molecule has 27 heavy (non-hydrogen) atoms. The average molecular weight is 388 g/mol. The standard InChI is InChI=1S/C23H19N2S2/c1-24-18-10-6-7-11-20(18)26-22(24)15-23-25(2)19-13-12-17(14-21(19)27-23)16-8-4-3-5-9-16/h3-15H,1-2H3/q+1. The van der Waals surface area contributed by atoms with E-state index in [2.05, 4.69) is 102 Å². The maximum atomic E-state index is 2.30. The Morgan fingerprint density at radius 3 is 2.48 bits per heavy atom. The molecule has 2 heterocycles. The molecule has 0 saturated carbocycles. The Hall–Kier alpha value is -2.56. The maximum absolute atomic E-state index is 2.30. The SMILES string of the molecule is CN1/C(=C/c2sc3cc(-c4ccccc4)ccc3[n+]2C)Sc2ccccc21. The number of fused-ring (bicyclic) bond motifs is 2. The minimum absolute atomic E-state index is 1.26. The number of hydrogen-bond donors (Lipinski definition) is 0. The fourth-order valence-electron chi connectivity index (χ4n) is 3.46. The predicted molar refractivity (Wildman–Crippen MR) is 117 cm³/mol. The first kappa shape index (κ1) is 16.6. The van der Waals surface area contributed by atoms with Crippen LogP contribution in [0.15, 0.2) is 82.7 Å². The Bertz CT molecular complexity index is 1180. The van der Waals surface area contributed by atoms with E-state index in [1.165, 1.54) is 42.0 Å². The molecule has 3 aromatic carbocycles. The van der Waals surface area contributed by atoms with Crippen molar-refractivity contribution in [2.75, 3.05) is 11.9 Å². The van der Waals surface area contributed by atoms with Crippen molar-refractivity contribution < 1.29 is 4.57 Å². The second kappa shape index (κ2) is 6.55. The van der Waals surface area contributed by atoms with Gasteiger partial charge in [0.25, 0.3) is 5.01 Å². The number of thiazole rings is 1. The van der Waals surface area contributed by atoms with E-state index in [1.807, 2.05) is 23.1 Å². The minimum Gasteiger partial charge on any atom is -0.338 e. The second-order valence-corrected chi connectivity index (χ2v) is 8.78. The van der Waals surface area contributed by atoms with Gasteiger partial charge in [-0.1, -0.05) is 65.6 Å². The molecule has 0 atom stereocenters. The summed E-state index contributed by atoms with van der Waals surface area (Å²) in [5, 5.41) is 2.53. The van der Waals surface area contributed by atoms with Gasteiger partial charge in [-0.15, -0.1) is 0 Å². The molecule has 0 unspecified atom stereocenters. The summed E-state index contributed by atoms with van der Waals surface area (Å²) in [5.74, 6) is 0. The van der Waals surface area contributed by atoms with Crippen LogP contribution in [0.25, 0.3) is 27.4 Å². The second-order valence-electron chi connectivity index (χ2n) is 6.66. The van der Waals surface area contributed by atoms with E-state index >= 15 is 0 Å². The fourth-order valence-corrected chi connectivity index (χ4v) is 5.75. The third-order valence-electron chi connectivity index (χ3n) is 4.99. The van der Waals surface area contributed by atoms with Crippen LogP contribution in [0.1, 0.15) is 5.01 Å². The number of anilines is 1. The zero-order chi connectivity index (χ0) is 18.4. The Labute approximate surface area is 167 Å². The molecule has 0 spiro atoms. The van der Waals surface area contributed by atoms with Gasteiger partial charge in [0.15, 0.2) is 0 Å². The van der Waals surface area contributed by atoms with Crippen LogP contribution in [0, 0.1) is 0 Å². The highest BCUT2D eigenvalue weighted by Gasteiger charge is 2.24. The van der Waals surface area contributed by atoms with Crippen molar-refractivity contribution >= 4 is 45.1 Å². The van der Waals surface area contributed by atoms with E-state index in [9.17, 15) is 0 Å². The Balaban J connectivity index is 1.56. The molecular weight excluding hydrogens is 368 g/mol. The molecular formula is C23H19N2S2+. The quantitative estimate of drug-likeness (QED) is 0.393. The van der Waals surface area contributed by atoms with E-state index in [0.29, 0.717) is 0 Å². The molecule has 5 rings (SSSR count). The molecule has 132 valence electrons. The van der Waals surface area contributed by atoms with Gasteiger partial charge in [0.2, 0.25) is 5.52 Å². The van der Waals surface area contributed by atoms with Gasteiger partial charge in [-0.2, -0.15) is 4.57 Å². The van der Waals surface area contributed by atoms with E-state index in [1.54, 1.807) is 0 Å². The van der Waals surface area contributed by atoms with Gasteiger partial charge in [0.05, 0.1) is 16.8 Å². The fraction of sp³-hybridized carbons (Fsp3) is 0.0870. The van der Waals surface area contributed by atoms with Crippen LogP contribution in [-0.4, -0.2) is 7.05 Å². The number of aryl methyl sites for hydroxylation is 1. The lowest BCUT2D eigenvalue weighted by atomic mass is 10.1. The Morgan fingerprint density at radius 1 is 0.889 bits per heavy atom. The molecule has 1 aliphatic heterocycles. The van der Waals surface area contributed by atoms with E-state index in [-0.39, 0.29) is 0 Å². The zero-order valence-electron chi connectivity index (χ0n) is 15.2. The molecule has 0 fully saturated rings. The summed E-state index contributed by atoms with van der Waals surface area (Å²) in [7, 11) is 4.30. The van der Waals surface area contributed by atoms with E-state index < -0.39 is 0 Å². The van der Waals surface area contributed by atoms with Crippen molar-refractivity contribution in [3.63, 3.8) is 0 Å². The van der Waals surface area contributed by atoms with Crippen LogP contribution >= 0.6 is 23.1 Å². The maximum Gasteiger partial charge on any atom is 0.265 e. The monoisotopic (exact) mass is 387 g/mol. The third-order valence-corrected chi connectivity index (χ3v) is 7.31. The highest BCUT2D eigenvalue weighted by Crippen LogP contribution is 2.45. The van der Waals surface area contributed by atoms with Crippen LogP contribution in [0.4, 0.5) is 5.69 Å². The summed E-state index contributed by atoms with van der Waals surface area (Å²) >= 11 is 3.69. The topological polar surface area (TPSA) is 7.12 Å². The smallest absolute Gasteiger partial charge is 0.265 e. The zero-order valence-corrected chi connectivity index (χ0v) is 16.8. The van der Waals surface area contributed by atoms with Crippen LogP contribution in [0.2, 0.25) is 0 Å². The van der Waals surface area contributed by atoms with Crippen molar-refractivity contribution in [3.05, 3.63) is 82.8 Å². The van der Waals surface area contributed by atoms with Crippen LogP contribution in [0.5, 0.6) is 0 Å². The highest BCUT2D eigenvalue weighted by atomic mass is 32.2. The number of nitrogens with zero attached hydrogens (tertiary/aromatic N) is 2. The minimum atomic E-state index is 1.26. The van der Waals surface area contributed by atoms with Gasteiger partial charge in [0.1, 0.15) is 11.7 Å². The average Bonchev–Trinajstić information content (AvgIpc) is 3.20. The van der Waals surface area contributed by atoms with Crippen LogP contribution in [-0.2, 0) is 7.05 Å². The normalized spacial score (nSPS) is 14.9. The molecule has 0 amide bonds. The number of para-hydroxylation sites is 1. The van der Waals surface area contributed by atoms with Crippen LogP contribution < -0.4 is 9.47 Å². The Morgan fingerprint density at radius 2 is 1.67 bits per heavy atom. The molecule has 1 aromatic heterocycles. The lowest BCUT2D eigenvalue weighted by Crippen LogP contribution is -2.29. The third kappa shape index (κ3) is 2.85. The molecule has 4 heteroatoms. The van der Waals surface area contributed by atoms with E-state index in [4.69, 9.17) is 0 Å². The molecule has 0 N–H and O–H groups in total. The number of thioether (sulfide) groups is 1. The first-order valence-electron chi connectivity index (χ1n) is 8.91. The summed E-state index contributed by atoms with van der Waals surface area (Å²) in [6.45, 7) is 0. The van der Waals surface area contributed by atoms with Crippen molar-refractivity contribution in [2.45, 2.75) is 4.90 Å². The summed E-state index contributed by atoms with van der Waals surface area (Å²) in [5.41, 5.74) is 5.08. The van der Waals surface area contributed by atoms with Gasteiger partial charge in [-0.3, -0.25) is 0 Å². The van der Waals surface area contributed by atoms with E-state index in [0.717, 1.165) is 0 Å². The molecule has 4 aromatic rings. The van der Waals surface area contributed by atoms with Gasteiger partial charge < -0.3 is 4.90 Å². The molecule has 0 saturated heterocycles. The van der Waals surface area contributed by atoms with Crippen molar-refractivity contribution in [3.8, 4) is 11.1 Å². The highest BCUT2D eigenvalue weighted by molar-refractivity contribution is 8.03. The van der Waals surface area contributed by atoms with Gasteiger partial charge in [-0.05, 0) is 35.4 Å². The summed E-state index contributed by atoms with van der Waals surface area (Å²) in [6.07, 6.45) is 2.30. The summed E-state index contributed by atoms with van der Waals surface area (Å²) in [6, 6.07) is 25.9. The number of hydrogen-bond acceptors (Lipinski definition) is 3. The van der Waals surface area contributed by atoms with Crippen molar-refractivity contribution in [2.24, 2.45) is 7.05 Å². The molecule has 0 radical (unpaired) electrons. The van der Waals surface area contributed by atoms with Gasteiger partial charge in [0, 0.05) is 18.0 Å². The predicted octanol–water partition coefficient (Wildman–Crippen LogP) is 5.93.